The number of carbonyl (C=O) groups is 1. The molecule has 0 spiro atoms. The third-order valence-corrected chi connectivity index (χ3v) is 4.35. The molecule has 0 radical (unpaired) electrons. The van der Waals surface area contributed by atoms with Crippen molar-refractivity contribution in [3.8, 4) is 0 Å². The van der Waals surface area contributed by atoms with Crippen molar-refractivity contribution < 1.29 is 9.00 Å². The lowest BCUT2D eigenvalue weighted by atomic mass is 10.1. The van der Waals surface area contributed by atoms with Gasteiger partial charge in [-0.05, 0) is 42.2 Å². The Hall–Kier alpha value is -1.59. The maximum absolute atomic E-state index is 12.3. The third-order valence-electron chi connectivity index (χ3n) is 2.89. The van der Waals surface area contributed by atoms with E-state index in [-0.39, 0.29) is 5.91 Å². The minimum Gasteiger partial charge on any atom is -0.322 e. The van der Waals surface area contributed by atoms with E-state index in [0.29, 0.717) is 11.3 Å². The van der Waals surface area contributed by atoms with E-state index < -0.39 is 10.8 Å². The van der Waals surface area contributed by atoms with E-state index in [1.807, 2.05) is 42.7 Å². The summed E-state index contributed by atoms with van der Waals surface area (Å²) in [6.45, 7) is 0. The van der Waals surface area contributed by atoms with Crippen molar-refractivity contribution in [3.05, 3.63) is 59.7 Å². The SMILES string of the molecule is CSc1cccc(NC(=O)c2cccc(CS(C)=O)c2)c1. The summed E-state index contributed by atoms with van der Waals surface area (Å²) in [5.41, 5.74) is 2.25. The number of hydrogen-bond donors (Lipinski definition) is 1. The summed E-state index contributed by atoms with van der Waals surface area (Å²) in [7, 11) is -0.915. The first kappa shape index (κ1) is 15.8. The van der Waals surface area contributed by atoms with Crippen LogP contribution in [0.5, 0.6) is 0 Å². The van der Waals surface area contributed by atoms with Gasteiger partial charge in [-0.25, -0.2) is 0 Å². The Labute approximate surface area is 131 Å². The smallest absolute Gasteiger partial charge is 0.255 e. The number of rotatable bonds is 5. The lowest BCUT2D eigenvalue weighted by molar-refractivity contribution is 0.102. The van der Waals surface area contributed by atoms with Crippen LogP contribution >= 0.6 is 11.8 Å². The van der Waals surface area contributed by atoms with Crippen molar-refractivity contribution in [1.82, 2.24) is 0 Å². The molecule has 0 saturated heterocycles. The van der Waals surface area contributed by atoms with E-state index in [4.69, 9.17) is 0 Å². The molecule has 0 aliphatic rings. The summed E-state index contributed by atoms with van der Waals surface area (Å²) in [4.78, 5) is 13.4. The zero-order valence-corrected chi connectivity index (χ0v) is 13.6. The topological polar surface area (TPSA) is 46.2 Å². The molecule has 1 amide bonds. The minimum atomic E-state index is -0.915. The second kappa shape index (κ2) is 7.43. The molecule has 0 fully saturated rings. The van der Waals surface area contributed by atoms with Gasteiger partial charge in [-0.3, -0.25) is 9.00 Å². The fourth-order valence-corrected chi connectivity index (χ4v) is 3.05. The molecule has 0 saturated carbocycles. The standard InChI is InChI=1S/C16H17NO2S2/c1-20-15-8-4-7-14(10-15)17-16(18)13-6-3-5-12(9-13)11-21(2)19/h3-10H,11H2,1-2H3,(H,17,18). The number of amides is 1. The van der Waals surface area contributed by atoms with Gasteiger partial charge in [0, 0.05) is 39.0 Å². The van der Waals surface area contributed by atoms with E-state index >= 15 is 0 Å². The van der Waals surface area contributed by atoms with Gasteiger partial charge in [0.25, 0.3) is 5.91 Å². The summed E-state index contributed by atoms with van der Waals surface area (Å²) in [6, 6.07) is 15.0. The first-order valence-electron chi connectivity index (χ1n) is 6.43. The molecule has 110 valence electrons. The van der Waals surface area contributed by atoms with Crippen LogP contribution in [0.2, 0.25) is 0 Å². The van der Waals surface area contributed by atoms with Crippen LogP contribution in [-0.4, -0.2) is 22.6 Å². The molecule has 0 bridgehead atoms. The van der Waals surface area contributed by atoms with E-state index in [1.54, 1.807) is 30.2 Å². The van der Waals surface area contributed by atoms with Crippen LogP contribution in [0.3, 0.4) is 0 Å². The highest BCUT2D eigenvalue weighted by Gasteiger charge is 2.07. The Balaban J connectivity index is 2.14. The van der Waals surface area contributed by atoms with Crippen molar-refractivity contribution in [2.45, 2.75) is 10.6 Å². The van der Waals surface area contributed by atoms with Crippen LogP contribution in [0, 0.1) is 0 Å². The molecule has 2 rings (SSSR count). The minimum absolute atomic E-state index is 0.156. The van der Waals surface area contributed by atoms with E-state index in [1.165, 1.54) is 0 Å². The Morgan fingerprint density at radius 1 is 1.19 bits per heavy atom. The molecule has 5 heteroatoms. The van der Waals surface area contributed by atoms with Gasteiger partial charge in [0.2, 0.25) is 0 Å². The van der Waals surface area contributed by atoms with Gasteiger partial charge in [-0.1, -0.05) is 18.2 Å². The highest BCUT2D eigenvalue weighted by atomic mass is 32.2. The Morgan fingerprint density at radius 2 is 1.95 bits per heavy atom. The Morgan fingerprint density at radius 3 is 2.67 bits per heavy atom. The molecule has 0 aromatic heterocycles. The molecule has 3 nitrogen and oxygen atoms in total. The highest BCUT2D eigenvalue weighted by Crippen LogP contribution is 2.19. The first-order chi connectivity index (χ1) is 10.1. The third kappa shape index (κ3) is 4.72. The molecule has 0 aliphatic carbocycles. The lowest BCUT2D eigenvalue weighted by Crippen LogP contribution is -2.12. The summed E-state index contributed by atoms with van der Waals surface area (Å²) >= 11 is 1.63. The normalized spacial score (nSPS) is 11.9. The van der Waals surface area contributed by atoms with Gasteiger partial charge in [0.15, 0.2) is 0 Å². The van der Waals surface area contributed by atoms with Crippen molar-refractivity contribution in [2.24, 2.45) is 0 Å². The summed E-state index contributed by atoms with van der Waals surface area (Å²) < 4.78 is 11.3. The molecule has 0 aliphatic heterocycles. The van der Waals surface area contributed by atoms with Crippen LogP contribution in [-0.2, 0) is 16.6 Å². The van der Waals surface area contributed by atoms with Gasteiger partial charge in [-0.15, -0.1) is 11.8 Å². The van der Waals surface area contributed by atoms with Crippen LogP contribution < -0.4 is 5.32 Å². The molecule has 1 N–H and O–H groups in total. The van der Waals surface area contributed by atoms with Gasteiger partial charge >= 0.3 is 0 Å². The fraction of sp³-hybridized carbons (Fsp3) is 0.188. The van der Waals surface area contributed by atoms with Gasteiger partial charge < -0.3 is 5.32 Å². The number of benzene rings is 2. The van der Waals surface area contributed by atoms with Crippen molar-refractivity contribution in [2.75, 3.05) is 17.8 Å². The second-order valence-electron chi connectivity index (χ2n) is 4.60. The Bertz CT molecular complexity index is 671. The maximum Gasteiger partial charge on any atom is 0.255 e. The number of nitrogens with one attached hydrogen (secondary N) is 1. The van der Waals surface area contributed by atoms with Gasteiger partial charge in [-0.2, -0.15) is 0 Å². The lowest BCUT2D eigenvalue weighted by Gasteiger charge is -2.07. The van der Waals surface area contributed by atoms with E-state index in [9.17, 15) is 9.00 Å². The molecular formula is C16H17NO2S2. The predicted molar refractivity (Wildman–Crippen MR) is 90.4 cm³/mol. The number of thioether (sulfide) groups is 1. The number of hydrogen-bond acceptors (Lipinski definition) is 3. The van der Waals surface area contributed by atoms with E-state index in [0.717, 1.165) is 16.1 Å². The second-order valence-corrected chi connectivity index (χ2v) is 6.92. The van der Waals surface area contributed by atoms with Gasteiger partial charge in [0.1, 0.15) is 0 Å². The van der Waals surface area contributed by atoms with Crippen molar-refractivity contribution in [3.63, 3.8) is 0 Å². The van der Waals surface area contributed by atoms with Crippen LogP contribution in [0.1, 0.15) is 15.9 Å². The number of carbonyl (C=O) groups excluding carboxylic acids is 1. The first-order valence-corrected chi connectivity index (χ1v) is 9.38. The predicted octanol–water partition coefficient (Wildman–Crippen LogP) is 3.54. The maximum atomic E-state index is 12.3. The zero-order valence-electron chi connectivity index (χ0n) is 12.0. The summed E-state index contributed by atoms with van der Waals surface area (Å²) in [6.07, 6.45) is 3.65. The summed E-state index contributed by atoms with van der Waals surface area (Å²) in [5.74, 6) is 0.306. The quantitative estimate of drug-likeness (QED) is 0.858. The van der Waals surface area contributed by atoms with Crippen LogP contribution in [0.25, 0.3) is 0 Å². The monoisotopic (exact) mass is 319 g/mol. The Kier molecular flexibility index (Phi) is 5.59. The zero-order chi connectivity index (χ0) is 15.2. The highest BCUT2D eigenvalue weighted by molar-refractivity contribution is 7.98. The molecule has 1 unspecified atom stereocenters. The molecule has 1 atom stereocenters. The largest absolute Gasteiger partial charge is 0.322 e. The van der Waals surface area contributed by atoms with Crippen LogP contribution in [0.4, 0.5) is 5.69 Å². The van der Waals surface area contributed by atoms with Crippen LogP contribution in [0.15, 0.2) is 53.4 Å². The van der Waals surface area contributed by atoms with Crippen molar-refractivity contribution >= 4 is 34.2 Å². The molecule has 0 heterocycles. The van der Waals surface area contributed by atoms with Crippen molar-refractivity contribution in [1.29, 1.82) is 0 Å². The van der Waals surface area contributed by atoms with Gasteiger partial charge in [0.05, 0.1) is 0 Å². The molecule has 2 aromatic rings. The number of anilines is 1. The fourth-order valence-electron chi connectivity index (χ4n) is 1.94. The molecule has 2 aromatic carbocycles. The summed E-state index contributed by atoms with van der Waals surface area (Å²) in [5, 5.41) is 2.89. The molecule has 21 heavy (non-hydrogen) atoms. The average Bonchev–Trinajstić information content (AvgIpc) is 2.47. The van der Waals surface area contributed by atoms with E-state index in [2.05, 4.69) is 5.32 Å². The molecular weight excluding hydrogens is 302 g/mol. The average molecular weight is 319 g/mol.